The van der Waals surface area contributed by atoms with Crippen molar-refractivity contribution >= 4 is 21.8 Å². The standard InChI is InChI=1S/C16H19BrN2O/c1-3-8-19(11-13-6-4-12(2)5-7-13)16(20)15-9-14(17)10-18-15/h4-7,9-10,18H,3,8,11H2,1-2H3. The van der Waals surface area contributed by atoms with Crippen LogP contribution in [0.1, 0.15) is 35.0 Å². The first-order chi connectivity index (χ1) is 9.60. The second kappa shape index (κ2) is 6.75. The molecule has 2 aromatic rings. The monoisotopic (exact) mass is 334 g/mol. The van der Waals surface area contributed by atoms with Crippen molar-refractivity contribution in [2.75, 3.05) is 6.54 Å². The van der Waals surface area contributed by atoms with Gasteiger partial charge in [-0.1, -0.05) is 36.8 Å². The molecule has 0 atom stereocenters. The van der Waals surface area contributed by atoms with E-state index in [-0.39, 0.29) is 5.91 Å². The van der Waals surface area contributed by atoms with E-state index < -0.39 is 0 Å². The second-order valence-corrected chi connectivity index (χ2v) is 5.86. The minimum absolute atomic E-state index is 0.0399. The summed E-state index contributed by atoms with van der Waals surface area (Å²) in [5.74, 6) is 0.0399. The fraction of sp³-hybridized carbons (Fsp3) is 0.312. The lowest BCUT2D eigenvalue weighted by atomic mass is 10.1. The number of aromatic nitrogens is 1. The summed E-state index contributed by atoms with van der Waals surface area (Å²) in [5.41, 5.74) is 3.01. The van der Waals surface area contributed by atoms with Crippen molar-refractivity contribution in [3.8, 4) is 0 Å². The Morgan fingerprint density at radius 3 is 2.55 bits per heavy atom. The van der Waals surface area contributed by atoms with Crippen LogP contribution in [-0.4, -0.2) is 22.3 Å². The normalized spacial score (nSPS) is 10.6. The molecule has 0 saturated heterocycles. The van der Waals surface area contributed by atoms with Crippen LogP contribution in [0.3, 0.4) is 0 Å². The molecule has 0 unspecified atom stereocenters. The molecule has 4 heteroatoms. The lowest BCUT2D eigenvalue weighted by molar-refractivity contribution is 0.0738. The third kappa shape index (κ3) is 3.73. The van der Waals surface area contributed by atoms with Gasteiger partial charge in [-0.05, 0) is 40.9 Å². The summed E-state index contributed by atoms with van der Waals surface area (Å²) in [4.78, 5) is 17.4. The minimum Gasteiger partial charge on any atom is -0.356 e. The third-order valence-electron chi connectivity index (χ3n) is 3.15. The summed E-state index contributed by atoms with van der Waals surface area (Å²) in [6.45, 7) is 5.54. The van der Waals surface area contributed by atoms with Gasteiger partial charge in [0.25, 0.3) is 5.91 Å². The van der Waals surface area contributed by atoms with Crippen LogP contribution in [0.25, 0.3) is 0 Å². The van der Waals surface area contributed by atoms with Gasteiger partial charge < -0.3 is 9.88 Å². The van der Waals surface area contributed by atoms with Gasteiger partial charge >= 0.3 is 0 Å². The Bertz CT molecular complexity index is 574. The van der Waals surface area contributed by atoms with E-state index in [0.29, 0.717) is 12.2 Å². The first-order valence-corrected chi connectivity index (χ1v) is 7.58. The van der Waals surface area contributed by atoms with Gasteiger partial charge in [0.15, 0.2) is 0 Å². The van der Waals surface area contributed by atoms with E-state index in [9.17, 15) is 4.79 Å². The quantitative estimate of drug-likeness (QED) is 0.876. The zero-order chi connectivity index (χ0) is 14.5. The highest BCUT2D eigenvalue weighted by Gasteiger charge is 2.16. The Kier molecular flexibility index (Phi) is 5.01. The number of hydrogen-bond acceptors (Lipinski definition) is 1. The van der Waals surface area contributed by atoms with Crippen molar-refractivity contribution in [2.45, 2.75) is 26.8 Å². The molecule has 1 heterocycles. The van der Waals surface area contributed by atoms with Gasteiger partial charge in [-0.2, -0.15) is 0 Å². The number of amides is 1. The lowest BCUT2D eigenvalue weighted by Gasteiger charge is -2.21. The molecule has 2 rings (SSSR count). The van der Waals surface area contributed by atoms with Crippen molar-refractivity contribution in [1.82, 2.24) is 9.88 Å². The molecule has 1 aromatic heterocycles. The number of carbonyl (C=O) groups is 1. The van der Waals surface area contributed by atoms with Crippen LogP contribution in [0.15, 0.2) is 41.0 Å². The molecule has 1 N–H and O–H groups in total. The van der Waals surface area contributed by atoms with E-state index in [0.717, 1.165) is 23.0 Å². The van der Waals surface area contributed by atoms with Crippen molar-refractivity contribution in [2.24, 2.45) is 0 Å². The molecular formula is C16H19BrN2O. The van der Waals surface area contributed by atoms with Gasteiger partial charge in [-0.15, -0.1) is 0 Å². The number of nitrogens with zero attached hydrogens (tertiary/aromatic N) is 1. The van der Waals surface area contributed by atoms with Crippen molar-refractivity contribution < 1.29 is 4.79 Å². The minimum atomic E-state index is 0.0399. The molecule has 0 bridgehead atoms. The molecule has 0 saturated carbocycles. The maximum Gasteiger partial charge on any atom is 0.270 e. The van der Waals surface area contributed by atoms with Crippen molar-refractivity contribution in [3.05, 3.63) is 57.8 Å². The van der Waals surface area contributed by atoms with Crippen LogP contribution in [0, 0.1) is 6.92 Å². The molecule has 0 radical (unpaired) electrons. The maximum absolute atomic E-state index is 12.5. The fourth-order valence-electron chi connectivity index (χ4n) is 2.10. The van der Waals surface area contributed by atoms with Gasteiger partial charge in [0.05, 0.1) is 0 Å². The Hall–Kier alpha value is -1.55. The molecule has 0 aliphatic carbocycles. The molecule has 0 aliphatic heterocycles. The van der Waals surface area contributed by atoms with Gasteiger partial charge in [-0.25, -0.2) is 0 Å². The molecule has 1 aromatic carbocycles. The number of aromatic amines is 1. The highest BCUT2D eigenvalue weighted by atomic mass is 79.9. The third-order valence-corrected chi connectivity index (χ3v) is 3.61. The summed E-state index contributed by atoms with van der Waals surface area (Å²) in [5, 5.41) is 0. The number of halogens is 1. The average Bonchev–Trinajstić information content (AvgIpc) is 2.86. The SMILES string of the molecule is CCCN(Cc1ccc(C)cc1)C(=O)c1cc(Br)c[nH]1. The number of H-pyrrole nitrogens is 1. The molecule has 3 nitrogen and oxygen atoms in total. The first-order valence-electron chi connectivity index (χ1n) is 6.79. The van der Waals surface area contributed by atoms with E-state index in [2.05, 4.69) is 59.0 Å². The highest BCUT2D eigenvalue weighted by Crippen LogP contribution is 2.15. The summed E-state index contributed by atoms with van der Waals surface area (Å²) >= 11 is 3.36. The topological polar surface area (TPSA) is 36.1 Å². The maximum atomic E-state index is 12.5. The van der Waals surface area contributed by atoms with Gasteiger partial charge in [0, 0.05) is 23.8 Å². The van der Waals surface area contributed by atoms with E-state index in [1.807, 2.05) is 11.0 Å². The Morgan fingerprint density at radius 2 is 2.00 bits per heavy atom. The predicted molar refractivity (Wildman–Crippen MR) is 84.7 cm³/mol. The number of rotatable bonds is 5. The lowest BCUT2D eigenvalue weighted by Crippen LogP contribution is -2.31. The zero-order valence-corrected chi connectivity index (χ0v) is 13.4. The van der Waals surface area contributed by atoms with Crippen molar-refractivity contribution in [1.29, 1.82) is 0 Å². The zero-order valence-electron chi connectivity index (χ0n) is 11.8. The van der Waals surface area contributed by atoms with Crippen LogP contribution in [0.4, 0.5) is 0 Å². The number of carbonyl (C=O) groups excluding carboxylic acids is 1. The van der Waals surface area contributed by atoms with Crippen molar-refractivity contribution in [3.63, 3.8) is 0 Å². The average molecular weight is 335 g/mol. The largest absolute Gasteiger partial charge is 0.356 e. The first kappa shape index (κ1) is 14.9. The summed E-state index contributed by atoms with van der Waals surface area (Å²) < 4.78 is 0.896. The number of aryl methyl sites for hydroxylation is 1. The number of benzene rings is 1. The van der Waals surface area contributed by atoms with Gasteiger partial charge in [-0.3, -0.25) is 4.79 Å². The Labute approximate surface area is 128 Å². The van der Waals surface area contributed by atoms with E-state index >= 15 is 0 Å². The number of hydrogen-bond donors (Lipinski definition) is 1. The highest BCUT2D eigenvalue weighted by molar-refractivity contribution is 9.10. The van der Waals surface area contributed by atoms with Gasteiger partial charge in [0.1, 0.15) is 5.69 Å². The summed E-state index contributed by atoms with van der Waals surface area (Å²) in [6, 6.07) is 10.1. The Morgan fingerprint density at radius 1 is 1.30 bits per heavy atom. The van der Waals surface area contributed by atoms with E-state index in [1.54, 1.807) is 6.20 Å². The van der Waals surface area contributed by atoms with Crippen LogP contribution in [-0.2, 0) is 6.54 Å². The fourth-order valence-corrected chi connectivity index (χ4v) is 2.44. The summed E-state index contributed by atoms with van der Waals surface area (Å²) in [7, 11) is 0. The van der Waals surface area contributed by atoms with Crippen LogP contribution in [0.2, 0.25) is 0 Å². The predicted octanol–water partition coefficient (Wildman–Crippen LogP) is 4.14. The van der Waals surface area contributed by atoms with E-state index in [1.165, 1.54) is 5.56 Å². The second-order valence-electron chi connectivity index (χ2n) is 4.94. The van der Waals surface area contributed by atoms with Crippen LogP contribution < -0.4 is 0 Å². The molecule has 0 fully saturated rings. The smallest absolute Gasteiger partial charge is 0.270 e. The Balaban J connectivity index is 2.14. The molecule has 0 aliphatic rings. The van der Waals surface area contributed by atoms with E-state index in [4.69, 9.17) is 0 Å². The summed E-state index contributed by atoms with van der Waals surface area (Å²) in [6.07, 6.45) is 2.72. The number of nitrogens with one attached hydrogen (secondary N) is 1. The molecule has 0 spiro atoms. The molecule has 20 heavy (non-hydrogen) atoms. The molecule has 1 amide bonds. The molecular weight excluding hydrogens is 316 g/mol. The van der Waals surface area contributed by atoms with Crippen LogP contribution >= 0.6 is 15.9 Å². The van der Waals surface area contributed by atoms with Gasteiger partial charge in [0.2, 0.25) is 0 Å². The van der Waals surface area contributed by atoms with Crippen LogP contribution in [0.5, 0.6) is 0 Å². The molecule has 106 valence electrons.